The highest BCUT2D eigenvalue weighted by Crippen LogP contribution is 2.31. The average Bonchev–Trinajstić information content (AvgIpc) is 2.26. The van der Waals surface area contributed by atoms with E-state index in [2.05, 4.69) is 0 Å². The summed E-state index contributed by atoms with van der Waals surface area (Å²) in [6.07, 6.45) is 7.74. The Morgan fingerprint density at radius 3 is 2.47 bits per heavy atom. The van der Waals surface area contributed by atoms with Crippen LogP contribution in [0.4, 0.5) is 0 Å². The first-order chi connectivity index (χ1) is 8.18. The lowest BCUT2D eigenvalue weighted by Crippen LogP contribution is -2.48. The standard InChI is InChI=1S/C13H21NO3/c15-12(8-7-10-4-3-5-10)14-9-2-1-6-11(14)13(16)17/h10-11H,1-9H2,(H,16,17)/t11-/m1/s1. The van der Waals surface area contributed by atoms with Crippen LogP contribution >= 0.6 is 0 Å². The Hall–Kier alpha value is -1.06. The van der Waals surface area contributed by atoms with Gasteiger partial charge >= 0.3 is 5.97 Å². The fourth-order valence-corrected chi connectivity index (χ4v) is 2.74. The van der Waals surface area contributed by atoms with Crippen LogP contribution in [-0.2, 0) is 9.59 Å². The molecule has 1 saturated heterocycles. The molecular weight excluding hydrogens is 218 g/mol. The van der Waals surface area contributed by atoms with Crippen LogP contribution in [0.25, 0.3) is 0 Å². The van der Waals surface area contributed by atoms with Crippen molar-refractivity contribution >= 4 is 11.9 Å². The van der Waals surface area contributed by atoms with Gasteiger partial charge in [-0.1, -0.05) is 19.3 Å². The summed E-state index contributed by atoms with van der Waals surface area (Å²) in [6, 6.07) is -0.572. The van der Waals surface area contributed by atoms with E-state index in [0.717, 1.165) is 19.3 Å². The van der Waals surface area contributed by atoms with Gasteiger partial charge < -0.3 is 10.0 Å². The molecule has 2 aliphatic rings. The van der Waals surface area contributed by atoms with Gasteiger partial charge in [0.15, 0.2) is 0 Å². The molecule has 2 fully saturated rings. The van der Waals surface area contributed by atoms with Crippen molar-refractivity contribution in [2.24, 2.45) is 5.92 Å². The summed E-state index contributed by atoms with van der Waals surface area (Å²) in [4.78, 5) is 24.7. The molecule has 0 radical (unpaired) electrons. The van der Waals surface area contributed by atoms with Crippen molar-refractivity contribution in [2.45, 2.75) is 57.4 Å². The summed E-state index contributed by atoms with van der Waals surface area (Å²) in [5.41, 5.74) is 0. The summed E-state index contributed by atoms with van der Waals surface area (Å²) < 4.78 is 0. The van der Waals surface area contributed by atoms with E-state index in [9.17, 15) is 9.59 Å². The molecule has 1 atom stereocenters. The smallest absolute Gasteiger partial charge is 0.326 e. The Labute approximate surface area is 102 Å². The highest BCUT2D eigenvalue weighted by atomic mass is 16.4. The maximum atomic E-state index is 12.0. The number of piperidine rings is 1. The zero-order valence-corrected chi connectivity index (χ0v) is 10.2. The molecule has 0 unspecified atom stereocenters. The molecule has 17 heavy (non-hydrogen) atoms. The Kier molecular flexibility index (Phi) is 4.02. The maximum absolute atomic E-state index is 12.0. The van der Waals surface area contributed by atoms with Gasteiger partial charge in [0.05, 0.1) is 0 Å². The minimum atomic E-state index is -0.846. The van der Waals surface area contributed by atoms with E-state index in [1.54, 1.807) is 4.90 Å². The van der Waals surface area contributed by atoms with Gasteiger partial charge in [-0.3, -0.25) is 4.79 Å². The number of carbonyl (C=O) groups is 2. The number of nitrogens with zero attached hydrogens (tertiary/aromatic N) is 1. The van der Waals surface area contributed by atoms with Crippen molar-refractivity contribution in [3.63, 3.8) is 0 Å². The third-order valence-electron chi connectivity index (χ3n) is 4.10. The molecule has 4 heteroatoms. The third kappa shape index (κ3) is 2.99. The fraction of sp³-hybridized carbons (Fsp3) is 0.846. The first-order valence-corrected chi connectivity index (χ1v) is 6.71. The maximum Gasteiger partial charge on any atom is 0.326 e. The largest absolute Gasteiger partial charge is 0.480 e. The van der Waals surface area contributed by atoms with E-state index >= 15 is 0 Å². The van der Waals surface area contributed by atoms with Crippen LogP contribution in [0.3, 0.4) is 0 Å². The molecule has 0 bridgehead atoms. The lowest BCUT2D eigenvalue weighted by molar-refractivity contribution is -0.152. The van der Waals surface area contributed by atoms with Crippen molar-refractivity contribution in [3.8, 4) is 0 Å². The number of likely N-dealkylation sites (tertiary alicyclic amines) is 1. The molecule has 4 nitrogen and oxygen atoms in total. The second-order valence-corrected chi connectivity index (χ2v) is 5.27. The van der Waals surface area contributed by atoms with Crippen LogP contribution in [0, 0.1) is 5.92 Å². The molecule has 2 rings (SSSR count). The number of aliphatic carboxylic acids is 1. The van der Waals surface area contributed by atoms with E-state index in [1.165, 1.54) is 19.3 Å². The minimum Gasteiger partial charge on any atom is -0.480 e. The molecule has 1 heterocycles. The molecule has 0 aromatic carbocycles. The topological polar surface area (TPSA) is 57.6 Å². The molecule has 1 amide bonds. The molecule has 1 saturated carbocycles. The number of carboxylic acid groups (broad SMARTS) is 1. The molecule has 1 N–H and O–H groups in total. The van der Waals surface area contributed by atoms with E-state index in [-0.39, 0.29) is 5.91 Å². The minimum absolute atomic E-state index is 0.0454. The fourth-order valence-electron chi connectivity index (χ4n) is 2.74. The van der Waals surface area contributed by atoms with Gasteiger partial charge in [-0.15, -0.1) is 0 Å². The zero-order valence-electron chi connectivity index (χ0n) is 10.2. The number of hydrogen-bond acceptors (Lipinski definition) is 2. The molecule has 0 aromatic rings. The Balaban J connectivity index is 1.84. The molecule has 1 aliphatic carbocycles. The van der Waals surface area contributed by atoms with Crippen LogP contribution in [0.1, 0.15) is 51.4 Å². The first-order valence-electron chi connectivity index (χ1n) is 6.71. The first kappa shape index (κ1) is 12.4. The van der Waals surface area contributed by atoms with Gasteiger partial charge in [-0.2, -0.15) is 0 Å². The number of carbonyl (C=O) groups excluding carboxylic acids is 1. The highest BCUT2D eigenvalue weighted by Gasteiger charge is 2.32. The van der Waals surface area contributed by atoms with Crippen LogP contribution in [0.5, 0.6) is 0 Å². The molecule has 96 valence electrons. The summed E-state index contributed by atoms with van der Waals surface area (Å²) in [5, 5.41) is 9.10. The van der Waals surface area contributed by atoms with E-state index in [1.807, 2.05) is 0 Å². The lowest BCUT2D eigenvalue weighted by atomic mass is 9.82. The summed E-state index contributed by atoms with van der Waals surface area (Å²) in [7, 11) is 0. The van der Waals surface area contributed by atoms with Crippen LogP contribution < -0.4 is 0 Å². The summed E-state index contributed by atoms with van der Waals surface area (Å²) >= 11 is 0. The third-order valence-corrected chi connectivity index (χ3v) is 4.10. The van der Waals surface area contributed by atoms with Gasteiger partial charge in [0.1, 0.15) is 6.04 Å². The van der Waals surface area contributed by atoms with E-state index in [4.69, 9.17) is 5.11 Å². The van der Waals surface area contributed by atoms with Gasteiger partial charge in [0.2, 0.25) is 5.91 Å². The van der Waals surface area contributed by atoms with Gasteiger partial charge in [-0.25, -0.2) is 4.79 Å². The molecule has 0 aromatic heterocycles. The van der Waals surface area contributed by atoms with Gasteiger partial charge in [0.25, 0.3) is 0 Å². The predicted octanol–water partition coefficient (Wildman–Crippen LogP) is 2.03. The van der Waals surface area contributed by atoms with E-state index < -0.39 is 12.0 Å². The van der Waals surface area contributed by atoms with Gasteiger partial charge in [-0.05, 0) is 31.6 Å². The Morgan fingerprint density at radius 1 is 1.12 bits per heavy atom. The van der Waals surface area contributed by atoms with E-state index in [0.29, 0.717) is 25.3 Å². The van der Waals surface area contributed by atoms with Crippen molar-refractivity contribution in [1.29, 1.82) is 0 Å². The van der Waals surface area contributed by atoms with Crippen molar-refractivity contribution in [2.75, 3.05) is 6.54 Å². The molecular formula is C13H21NO3. The molecule has 1 aliphatic heterocycles. The molecule has 0 spiro atoms. The average molecular weight is 239 g/mol. The second kappa shape index (κ2) is 5.52. The number of carboxylic acids is 1. The normalized spacial score (nSPS) is 25.4. The second-order valence-electron chi connectivity index (χ2n) is 5.27. The van der Waals surface area contributed by atoms with Gasteiger partial charge in [0, 0.05) is 13.0 Å². The monoisotopic (exact) mass is 239 g/mol. The van der Waals surface area contributed by atoms with Crippen LogP contribution in [0.15, 0.2) is 0 Å². The van der Waals surface area contributed by atoms with Crippen molar-refractivity contribution in [3.05, 3.63) is 0 Å². The lowest BCUT2D eigenvalue weighted by Gasteiger charge is -2.34. The van der Waals surface area contributed by atoms with Crippen LogP contribution in [-0.4, -0.2) is 34.5 Å². The Bertz CT molecular complexity index is 299. The highest BCUT2D eigenvalue weighted by molar-refractivity contribution is 5.83. The number of rotatable bonds is 4. The predicted molar refractivity (Wildman–Crippen MR) is 63.6 cm³/mol. The van der Waals surface area contributed by atoms with Crippen LogP contribution in [0.2, 0.25) is 0 Å². The van der Waals surface area contributed by atoms with Crippen molar-refractivity contribution in [1.82, 2.24) is 4.90 Å². The van der Waals surface area contributed by atoms with Crippen molar-refractivity contribution < 1.29 is 14.7 Å². The zero-order chi connectivity index (χ0) is 12.3. The Morgan fingerprint density at radius 2 is 1.88 bits per heavy atom. The number of hydrogen-bond donors (Lipinski definition) is 1. The quantitative estimate of drug-likeness (QED) is 0.816. The SMILES string of the molecule is O=C(O)[C@H]1CCCCN1C(=O)CCC1CCC1. The number of amides is 1. The summed E-state index contributed by atoms with van der Waals surface area (Å²) in [5.74, 6) is -0.0855. The summed E-state index contributed by atoms with van der Waals surface area (Å²) in [6.45, 7) is 0.625.